The van der Waals surface area contributed by atoms with E-state index in [9.17, 15) is 9.90 Å². The summed E-state index contributed by atoms with van der Waals surface area (Å²) in [7, 11) is 0. The Kier molecular flexibility index (Phi) is 12.7. The van der Waals surface area contributed by atoms with Crippen molar-refractivity contribution >= 4 is 16.8 Å². The zero-order chi connectivity index (χ0) is 22.9. The normalized spacial score (nSPS) is 12.0. The van der Waals surface area contributed by atoms with Gasteiger partial charge in [0.1, 0.15) is 5.75 Å². The molecule has 0 saturated heterocycles. The molecule has 32 heavy (non-hydrogen) atoms. The first-order chi connectivity index (χ1) is 15.7. The number of benzene rings is 1. The Balaban J connectivity index is 1.43. The molecule has 0 unspecified atom stereocenters. The van der Waals surface area contributed by atoms with Crippen molar-refractivity contribution in [2.45, 2.75) is 77.6 Å². The zero-order valence-corrected chi connectivity index (χ0v) is 19.6. The lowest BCUT2D eigenvalue weighted by Gasteiger charge is -2.05. The van der Waals surface area contributed by atoms with Gasteiger partial charge < -0.3 is 15.4 Å². The molecular formula is C28H40N2O2. The number of aromatic hydroxyl groups is 1. The number of phenolic OH excluding ortho intramolecular Hbond substituents is 1. The molecular weight excluding hydrogens is 396 g/mol. The van der Waals surface area contributed by atoms with Gasteiger partial charge >= 0.3 is 0 Å². The van der Waals surface area contributed by atoms with Crippen molar-refractivity contribution in [1.82, 2.24) is 10.3 Å². The van der Waals surface area contributed by atoms with Gasteiger partial charge in [-0.2, -0.15) is 0 Å². The van der Waals surface area contributed by atoms with Gasteiger partial charge in [-0.1, -0.05) is 62.6 Å². The highest BCUT2D eigenvalue weighted by atomic mass is 16.3. The van der Waals surface area contributed by atoms with Crippen LogP contribution in [0.3, 0.4) is 0 Å². The summed E-state index contributed by atoms with van der Waals surface area (Å²) < 4.78 is 0. The molecule has 0 bridgehead atoms. The van der Waals surface area contributed by atoms with Crippen LogP contribution in [-0.4, -0.2) is 22.5 Å². The van der Waals surface area contributed by atoms with E-state index >= 15 is 0 Å². The van der Waals surface area contributed by atoms with E-state index in [0.717, 1.165) is 61.4 Å². The van der Waals surface area contributed by atoms with Gasteiger partial charge in [0.2, 0.25) is 5.91 Å². The molecule has 0 fully saturated rings. The van der Waals surface area contributed by atoms with Gasteiger partial charge in [-0.15, -0.1) is 0 Å². The minimum atomic E-state index is 0.133. The highest BCUT2D eigenvalue weighted by molar-refractivity contribution is 5.84. The number of allylic oxidation sites excluding steroid dienone is 6. The van der Waals surface area contributed by atoms with Crippen LogP contribution in [-0.2, 0) is 11.2 Å². The molecule has 1 amide bonds. The van der Waals surface area contributed by atoms with Crippen LogP contribution in [0.5, 0.6) is 5.75 Å². The van der Waals surface area contributed by atoms with Crippen LogP contribution in [0, 0.1) is 0 Å². The smallest absolute Gasteiger partial charge is 0.220 e. The summed E-state index contributed by atoms with van der Waals surface area (Å²) in [6, 6.07) is 5.31. The minimum absolute atomic E-state index is 0.133. The summed E-state index contributed by atoms with van der Waals surface area (Å²) in [5, 5.41) is 13.7. The fourth-order valence-electron chi connectivity index (χ4n) is 3.70. The largest absolute Gasteiger partial charge is 0.508 e. The summed E-state index contributed by atoms with van der Waals surface area (Å²) in [5.74, 6) is 0.399. The predicted octanol–water partition coefficient (Wildman–Crippen LogP) is 7.12. The van der Waals surface area contributed by atoms with Crippen molar-refractivity contribution in [3.05, 3.63) is 66.4 Å². The number of aromatic amines is 1. The van der Waals surface area contributed by atoms with E-state index in [0.29, 0.717) is 13.0 Å². The fraction of sp³-hybridized carbons (Fsp3) is 0.464. The van der Waals surface area contributed by atoms with E-state index in [1.807, 2.05) is 12.3 Å². The Bertz CT molecular complexity index is 877. The zero-order valence-electron chi connectivity index (χ0n) is 19.6. The number of rotatable bonds is 16. The van der Waals surface area contributed by atoms with Crippen molar-refractivity contribution in [1.29, 1.82) is 0 Å². The highest BCUT2D eigenvalue weighted by Gasteiger charge is 2.06. The fourth-order valence-corrected chi connectivity index (χ4v) is 3.70. The van der Waals surface area contributed by atoms with Gasteiger partial charge in [-0.3, -0.25) is 4.79 Å². The molecule has 0 radical (unpaired) electrons. The van der Waals surface area contributed by atoms with E-state index in [4.69, 9.17) is 0 Å². The maximum Gasteiger partial charge on any atom is 0.220 e. The van der Waals surface area contributed by atoms with Gasteiger partial charge in [0.25, 0.3) is 0 Å². The Morgan fingerprint density at radius 1 is 0.969 bits per heavy atom. The number of H-pyrrole nitrogens is 1. The number of carbonyl (C=O) groups is 1. The molecule has 0 aliphatic heterocycles. The van der Waals surface area contributed by atoms with Crippen LogP contribution in [0.4, 0.5) is 0 Å². The van der Waals surface area contributed by atoms with Crippen LogP contribution in [0.15, 0.2) is 60.9 Å². The summed E-state index contributed by atoms with van der Waals surface area (Å²) in [5.41, 5.74) is 2.12. The Morgan fingerprint density at radius 3 is 2.50 bits per heavy atom. The number of nitrogens with one attached hydrogen (secondary N) is 2. The predicted molar refractivity (Wildman–Crippen MR) is 136 cm³/mol. The summed E-state index contributed by atoms with van der Waals surface area (Å²) in [4.78, 5) is 15.2. The minimum Gasteiger partial charge on any atom is -0.508 e. The molecule has 1 aromatic heterocycles. The van der Waals surface area contributed by atoms with Crippen LogP contribution >= 0.6 is 0 Å². The van der Waals surface area contributed by atoms with E-state index in [1.54, 1.807) is 12.1 Å². The molecule has 2 aromatic rings. The first-order valence-electron chi connectivity index (χ1n) is 12.2. The molecule has 1 aromatic carbocycles. The third-order valence-corrected chi connectivity index (χ3v) is 5.52. The van der Waals surface area contributed by atoms with Crippen molar-refractivity contribution in [3.63, 3.8) is 0 Å². The second-order valence-corrected chi connectivity index (χ2v) is 8.24. The Hall–Kier alpha value is -2.75. The first-order valence-corrected chi connectivity index (χ1v) is 12.2. The van der Waals surface area contributed by atoms with Crippen molar-refractivity contribution < 1.29 is 9.90 Å². The van der Waals surface area contributed by atoms with Crippen LogP contribution in [0.1, 0.15) is 76.7 Å². The SMILES string of the molecule is CC/C=C\C/C=C\C/C=C\CCCCCCCC(=O)NCCc1c[nH]c2ccc(O)cc12. The molecule has 0 spiro atoms. The van der Waals surface area contributed by atoms with Gasteiger partial charge in [0.05, 0.1) is 0 Å². The molecule has 0 aliphatic carbocycles. The van der Waals surface area contributed by atoms with Gasteiger partial charge in [0, 0.05) is 30.1 Å². The van der Waals surface area contributed by atoms with Crippen LogP contribution in [0.25, 0.3) is 10.9 Å². The van der Waals surface area contributed by atoms with Gasteiger partial charge in [0.15, 0.2) is 0 Å². The van der Waals surface area contributed by atoms with Crippen molar-refractivity contribution in [2.24, 2.45) is 0 Å². The lowest BCUT2D eigenvalue weighted by atomic mass is 10.1. The molecule has 174 valence electrons. The number of hydrogen-bond donors (Lipinski definition) is 3. The Labute approximate surface area is 193 Å². The first kappa shape index (κ1) is 25.5. The number of aromatic nitrogens is 1. The third-order valence-electron chi connectivity index (χ3n) is 5.52. The Morgan fingerprint density at radius 2 is 1.69 bits per heavy atom. The number of phenols is 1. The number of carbonyl (C=O) groups excluding carboxylic acids is 1. The van der Waals surface area contributed by atoms with E-state index in [1.165, 1.54) is 19.3 Å². The molecule has 0 atom stereocenters. The molecule has 1 heterocycles. The van der Waals surface area contributed by atoms with E-state index in [2.05, 4.69) is 53.7 Å². The molecule has 0 saturated carbocycles. The number of fused-ring (bicyclic) bond motifs is 1. The molecule has 3 N–H and O–H groups in total. The molecule has 4 heteroatoms. The average molecular weight is 437 g/mol. The standard InChI is InChI=1S/C28H40N2O2/c1-2-3-4-5-6-7-8-9-10-11-12-13-14-15-16-17-28(32)29-21-20-24-23-30-27-19-18-25(31)22-26(24)27/h3-4,6-7,9-10,18-19,22-23,30-31H,2,5,8,11-17,20-21H2,1H3,(H,29,32)/b4-3-,7-6-,10-9-. The average Bonchev–Trinajstić information content (AvgIpc) is 3.18. The highest BCUT2D eigenvalue weighted by Crippen LogP contribution is 2.23. The summed E-state index contributed by atoms with van der Waals surface area (Å²) >= 11 is 0. The maximum absolute atomic E-state index is 12.0. The van der Waals surface area contributed by atoms with Crippen LogP contribution < -0.4 is 5.32 Å². The van der Waals surface area contributed by atoms with Crippen LogP contribution in [0.2, 0.25) is 0 Å². The topological polar surface area (TPSA) is 65.1 Å². The number of amides is 1. The number of hydrogen-bond acceptors (Lipinski definition) is 2. The lowest BCUT2D eigenvalue weighted by molar-refractivity contribution is -0.121. The molecule has 2 rings (SSSR count). The molecule has 0 aliphatic rings. The van der Waals surface area contributed by atoms with E-state index in [-0.39, 0.29) is 11.7 Å². The second kappa shape index (κ2) is 16.0. The van der Waals surface area contributed by atoms with Gasteiger partial charge in [-0.25, -0.2) is 0 Å². The van der Waals surface area contributed by atoms with Crippen molar-refractivity contribution in [2.75, 3.05) is 6.54 Å². The number of unbranched alkanes of at least 4 members (excludes halogenated alkanes) is 5. The lowest BCUT2D eigenvalue weighted by Crippen LogP contribution is -2.25. The monoisotopic (exact) mass is 436 g/mol. The third kappa shape index (κ3) is 10.5. The summed E-state index contributed by atoms with van der Waals surface area (Å²) in [6.45, 7) is 2.78. The maximum atomic E-state index is 12.0. The summed E-state index contributed by atoms with van der Waals surface area (Å²) in [6.07, 6.45) is 26.8. The van der Waals surface area contributed by atoms with Crippen molar-refractivity contribution in [3.8, 4) is 5.75 Å². The molecule has 4 nitrogen and oxygen atoms in total. The van der Waals surface area contributed by atoms with E-state index < -0.39 is 0 Å². The van der Waals surface area contributed by atoms with Gasteiger partial charge in [-0.05, 0) is 68.7 Å². The quantitative estimate of drug-likeness (QED) is 0.194. The second-order valence-electron chi connectivity index (χ2n) is 8.24.